The lowest BCUT2D eigenvalue weighted by Gasteiger charge is -2.24. The molecule has 0 saturated heterocycles. The summed E-state index contributed by atoms with van der Waals surface area (Å²) in [6.07, 6.45) is 0. The first-order chi connectivity index (χ1) is 16.1. The van der Waals surface area contributed by atoms with Gasteiger partial charge in [-0.2, -0.15) is 0 Å². The van der Waals surface area contributed by atoms with Crippen LogP contribution in [-0.4, -0.2) is 12.1 Å². The Balaban J connectivity index is 2.06. The summed E-state index contributed by atoms with van der Waals surface area (Å²) < 4.78 is 2.58. The van der Waals surface area contributed by atoms with Crippen molar-refractivity contribution in [2.24, 2.45) is 0 Å². The zero-order valence-electron chi connectivity index (χ0n) is 19.9. The molecule has 1 heterocycles. The lowest BCUT2D eigenvalue weighted by atomic mass is 10.1. The quantitative estimate of drug-likeness (QED) is 0.272. The summed E-state index contributed by atoms with van der Waals surface area (Å²) >= 11 is 0. The maximum absolute atomic E-state index is 2.58. The fraction of sp³-hybridized carbons (Fsp3) is 0.194. The number of rotatable bonds is 4. The molecule has 4 aromatic carbocycles. The van der Waals surface area contributed by atoms with E-state index in [2.05, 4.69) is 141 Å². The second-order valence-corrected chi connectivity index (χ2v) is 12.7. The van der Waals surface area contributed by atoms with Gasteiger partial charge >= 0.3 is 0 Å². The standard InChI is InChI=1S/C31H32NP/c1-23(2)32(24(3)4)28-20-12-14-22-30-31(28)27-19-11-13-21-29(27)33(30,25-15-7-5-8-16-25)26-17-9-6-10-18-26/h5-24H,1-4H3/q+2. The van der Waals surface area contributed by atoms with E-state index in [-0.39, 0.29) is 0 Å². The van der Waals surface area contributed by atoms with E-state index in [9.17, 15) is 0 Å². The van der Waals surface area contributed by atoms with Crippen molar-refractivity contribution >= 4 is 28.5 Å². The van der Waals surface area contributed by atoms with Crippen LogP contribution in [0.25, 0.3) is 11.1 Å². The van der Waals surface area contributed by atoms with E-state index in [1.165, 1.54) is 37.7 Å². The van der Waals surface area contributed by atoms with Crippen LogP contribution in [0.4, 0.5) is 0 Å². The topological polar surface area (TPSA) is 3.01 Å². The van der Waals surface area contributed by atoms with Crippen molar-refractivity contribution in [2.75, 3.05) is 0 Å². The molecule has 1 nitrogen and oxygen atoms in total. The predicted molar refractivity (Wildman–Crippen MR) is 146 cm³/mol. The summed E-state index contributed by atoms with van der Waals surface area (Å²) in [5.41, 5.74) is 2.78. The van der Waals surface area contributed by atoms with Crippen LogP contribution >= 0.6 is 7.26 Å². The number of hydrogen-bond acceptors (Lipinski definition) is 0. The molecule has 0 radical (unpaired) electrons. The van der Waals surface area contributed by atoms with Gasteiger partial charge in [0, 0.05) is 11.6 Å². The summed E-state index contributed by atoms with van der Waals surface area (Å²) in [4.78, 5) is 0. The molecule has 0 bridgehead atoms. The summed E-state index contributed by atoms with van der Waals surface area (Å²) in [6.45, 7) is 9.21. The second kappa shape index (κ2) is 8.73. The Morgan fingerprint density at radius 1 is 0.515 bits per heavy atom. The number of hydrogen-bond donors (Lipinski definition) is 0. The third-order valence-corrected chi connectivity index (χ3v) is 11.1. The highest BCUT2D eigenvalue weighted by Gasteiger charge is 2.56. The van der Waals surface area contributed by atoms with Gasteiger partial charge in [-0.05, 0) is 70.2 Å². The van der Waals surface area contributed by atoms with Gasteiger partial charge < -0.3 is 0 Å². The maximum atomic E-state index is 2.58. The number of fused-ring (bicyclic) bond motifs is 3. The normalized spacial score (nSPS) is 13.6. The molecular formula is C31H32NP+2. The van der Waals surface area contributed by atoms with Crippen molar-refractivity contribution in [3.05, 3.63) is 115 Å². The molecule has 0 aliphatic carbocycles. The molecule has 0 fully saturated rings. The van der Waals surface area contributed by atoms with Gasteiger partial charge in [-0.15, -0.1) is 0 Å². The van der Waals surface area contributed by atoms with Gasteiger partial charge in [0.15, 0.2) is 0 Å². The van der Waals surface area contributed by atoms with E-state index >= 15 is 0 Å². The SMILES string of the molecule is CC(C)[N+](=c1ccccc2c1-c1ccccc1[P+]2(c1ccccc1)c1ccccc1)C(C)C. The molecule has 5 rings (SSSR count). The minimum Gasteiger partial charge on any atom is -0.225 e. The molecule has 0 unspecified atom stereocenters. The van der Waals surface area contributed by atoms with Crippen LogP contribution in [0.3, 0.4) is 0 Å². The summed E-state index contributed by atoms with van der Waals surface area (Å²) in [7, 11) is -2.03. The number of nitrogens with zero attached hydrogens (tertiary/aromatic N) is 1. The Kier molecular flexibility index (Phi) is 5.77. The largest absolute Gasteiger partial charge is 0.225 e. The molecular weight excluding hydrogens is 417 g/mol. The molecule has 2 heteroatoms. The van der Waals surface area contributed by atoms with Crippen molar-refractivity contribution in [2.45, 2.75) is 39.8 Å². The monoisotopic (exact) mass is 449 g/mol. The molecule has 1 aliphatic heterocycles. The highest BCUT2D eigenvalue weighted by atomic mass is 31.2. The molecule has 164 valence electrons. The Morgan fingerprint density at radius 3 is 1.52 bits per heavy atom. The predicted octanol–water partition coefficient (Wildman–Crippen LogP) is 4.88. The molecule has 1 aliphatic rings. The molecule has 0 aromatic heterocycles. The molecule has 0 atom stereocenters. The van der Waals surface area contributed by atoms with Crippen LogP contribution in [0.5, 0.6) is 0 Å². The smallest absolute Gasteiger partial charge is 0.212 e. The first kappa shape index (κ1) is 21.8. The van der Waals surface area contributed by atoms with Crippen molar-refractivity contribution in [3.63, 3.8) is 0 Å². The van der Waals surface area contributed by atoms with Gasteiger partial charge in [-0.3, -0.25) is 0 Å². The fourth-order valence-electron chi connectivity index (χ4n) is 5.63. The van der Waals surface area contributed by atoms with Crippen molar-refractivity contribution in [1.82, 2.24) is 4.58 Å². The highest BCUT2D eigenvalue weighted by molar-refractivity contribution is 8.02. The Labute approximate surface area is 198 Å². The molecule has 0 amide bonds. The van der Waals surface area contributed by atoms with Crippen LogP contribution in [0.2, 0.25) is 0 Å². The van der Waals surface area contributed by atoms with E-state index in [0.717, 1.165) is 0 Å². The van der Waals surface area contributed by atoms with Gasteiger partial charge in [-0.25, -0.2) is 4.58 Å². The average Bonchev–Trinajstić information content (AvgIpc) is 2.95. The van der Waals surface area contributed by atoms with E-state index in [1.54, 1.807) is 0 Å². The maximum Gasteiger partial charge on any atom is 0.212 e. The van der Waals surface area contributed by atoms with Crippen LogP contribution < -0.4 is 31.2 Å². The van der Waals surface area contributed by atoms with E-state index in [0.29, 0.717) is 12.1 Å². The third-order valence-electron chi connectivity index (χ3n) is 6.71. The minimum atomic E-state index is -2.03. The lowest BCUT2D eigenvalue weighted by Crippen LogP contribution is -2.42. The summed E-state index contributed by atoms with van der Waals surface area (Å²) in [5, 5.41) is 7.10. The van der Waals surface area contributed by atoms with Crippen molar-refractivity contribution in [1.29, 1.82) is 0 Å². The Morgan fingerprint density at radius 2 is 0.970 bits per heavy atom. The third kappa shape index (κ3) is 3.38. The van der Waals surface area contributed by atoms with E-state index in [1.807, 2.05) is 0 Å². The second-order valence-electron chi connectivity index (χ2n) is 9.32. The Bertz CT molecular complexity index is 1310. The minimum absolute atomic E-state index is 0.408. The zero-order valence-corrected chi connectivity index (χ0v) is 20.8. The molecule has 0 spiro atoms. The first-order valence-corrected chi connectivity index (χ1v) is 13.7. The summed E-state index contributed by atoms with van der Waals surface area (Å²) in [5.74, 6) is 0. The van der Waals surface area contributed by atoms with E-state index < -0.39 is 7.26 Å². The number of benzene rings is 3. The van der Waals surface area contributed by atoms with E-state index in [4.69, 9.17) is 0 Å². The molecule has 4 aromatic rings. The Hall–Kier alpha value is -3.02. The fourth-order valence-corrected chi connectivity index (χ4v) is 10.3. The van der Waals surface area contributed by atoms with Gasteiger partial charge in [0.05, 0.1) is 0 Å². The van der Waals surface area contributed by atoms with Crippen LogP contribution in [-0.2, 0) is 0 Å². The van der Waals surface area contributed by atoms with Crippen molar-refractivity contribution < 1.29 is 0 Å². The van der Waals surface area contributed by atoms with Crippen LogP contribution in [0, 0.1) is 0 Å². The lowest BCUT2D eigenvalue weighted by molar-refractivity contribution is 0.425. The van der Waals surface area contributed by atoms with Gasteiger partial charge in [0.2, 0.25) is 5.36 Å². The van der Waals surface area contributed by atoms with Gasteiger partial charge in [0.1, 0.15) is 46.1 Å². The average molecular weight is 450 g/mol. The van der Waals surface area contributed by atoms with Gasteiger partial charge in [0.25, 0.3) is 0 Å². The molecule has 33 heavy (non-hydrogen) atoms. The van der Waals surface area contributed by atoms with Crippen LogP contribution in [0.1, 0.15) is 27.7 Å². The first-order valence-electron chi connectivity index (χ1n) is 11.9. The molecule has 0 N–H and O–H groups in total. The zero-order chi connectivity index (χ0) is 23.0. The van der Waals surface area contributed by atoms with Gasteiger partial charge in [-0.1, -0.05) is 60.7 Å². The van der Waals surface area contributed by atoms with Crippen molar-refractivity contribution in [3.8, 4) is 11.1 Å². The summed E-state index contributed by atoms with van der Waals surface area (Å²) in [6, 6.07) is 41.5. The van der Waals surface area contributed by atoms with Crippen LogP contribution in [0.15, 0.2) is 109 Å². The highest BCUT2D eigenvalue weighted by Crippen LogP contribution is 2.60. The molecule has 0 saturated carbocycles.